The number of hydrogen-bond donors (Lipinski definition) is 2. The van der Waals surface area contributed by atoms with Gasteiger partial charge in [-0.05, 0) is 12.1 Å². The fourth-order valence-electron chi connectivity index (χ4n) is 2.58. The Labute approximate surface area is 161 Å². The van der Waals surface area contributed by atoms with Crippen molar-refractivity contribution in [2.75, 3.05) is 0 Å². The van der Waals surface area contributed by atoms with Crippen LogP contribution in [-0.2, 0) is 10.1 Å². The van der Waals surface area contributed by atoms with Crippen molar-refractivity contribution in [3.8, 4) is 5.75 Å². The van der Waals surface area contributed by atoms with Crippen LogP contribution in [0.25, 0.3) is 10.8 Å². The highest BCUT2D eigenvalue weighted by atomic mass is 32.2. The van der Waals surface area contributed by atoms with Crippen LogP contribution in [0.4, 0.5) is 22.7 Å². The molecule has 0 saturated heterocycles. The lowest BCUT2D eigenvalue weighted by atomic mass is 10.1. The predicted molar refractivity (Wildman–Crippen MR) is 99.4 cm³/mol. The number of fused-ring (bicyclic) bond motifs is 1. The van der Waals surface area contributed by atoms with Gasteiger partial charge in [0.2, 0.25) is 0 Å². The average Bonchev–Trinajstić information content (AvgIpc) is 2.66. The first-order valence-corrected chi connectivity index (χ1v) is 9.10. The summed E-state index contributed by atoms with van der Waals surface area (Å²) in [6.45, 7) is 0. The number of phenolic OH excluding ortho intramolecular Hbond substituents is 1. The fraction of sp³-hybridized carbons (Fsp3) is 0. The second kappa shape index (κ2) is 7.21. The fourth-order valence-corrected chi connectivity index (χ4v) is 3.24. The topological polar surface area (TPSA) is 186 Å². The van der Waals surface area contributed by atoms with E-state index in [0.717, 1.165) is 0 Å². The molecule has 3 aromatic carbocycles. The standard InChI is InChI=1S/C16H10N4O8S/c21-14-6-5-12(10-3-1-2-4-11(10)14)17-18-16-13(20(24)25)7-9(19(22)23)8-15(16)29(26,27)28/h1-8,21H,(H,26,27,28). The molecule has 0 fully saturated rings. The maximum absolute atomic E-state index is 11.6. The summed E-state index contributed by atoms with van der Waals surface area (Å²) >= 11 is 0. The van der Waals surface area contributed by atoms with Gasteiger partial charge < -0.3 is 5.11 Å². The molecule has 0 amide bonds. The third-order valence-corrected chi connectivity index (χ3v) is 4.73. The summed E-state index contributed by atoms with van der Waals surface area (Å²) in [5, 5.41) is 40.4. The number of azo groups is 1. The zero-order valence-corrected chi connectivity index (χ0v) is 15.0. The maximum atomic E-state index is 11.6. The van der Waals surface area contributed by atoms with Gasteiger partial charge in [0.05, 0.1) is 21.6 Å². The van der Waals surface area contributed by atoms with E-state index in [2.05, 4.69) is 10.2 Å². The molecule has 0 atom stereocenters. The number of nitrogens with zero attached hydrogens (tertiary/aromatic N) is 4. The second-order valence-electron chi connectivity index (χ2n) is 5.65. The molecule has 0 aromatic heterocycles. The van der Waals surface area contributed by atoms with Crippen molar-refractivity contribution in [3.63, 3.8) is 0 Å². The molecule has 2 N–H and O–H groups in total. The van der Waals surface area contributed by atoms with Crippen LogP contribution in [0, 0.1) is 20.2 Å². The summed E-state index contributed by atoms with van der Waals surface area (Å²) in [4.78, 5) is 19.0. The lowest BCUT2D eigenvalue weighted by Gasteiger charge is -2.05. The molecule has 0 saturated carbocycles. The Kier molecular flexibility index (Phi) is 4.92. The molecule has 0 aliphatic rings. The van der Waals surface area contributed by atoms with Crippen molar-refractivity contribution in [3.05, 3.63) is 68.8 Å². The molecule has 3 aromatic rings. The quantitative estimate of drug-likeness (QED) is 0.269. The molecule has 0 spiro atoms. The van der Waals surface area contributed by atoms with Crippen LogP contribution in [0.1, 0.15) is 0 Å². The van der Waals surface area contributed by atoms with Gasteiger partial charge in [0.1, 0.15) is 10.6 Å². The van der Waals surface area contributed by atoms with Gasteiger partial charge >= 0.3 is 5.69 Å². The molecule has 0 aliphatic heterocycles. The van der Waals surface area contributed by atoms with E-state index in [0.29, 0.717) is 22.9 Å². The Morgan fingerprint density at radius 1 is 0.897 bits per heavy atom. The van der Waals surface area contributed by atoms with E-state index >= 15 is 0 Å². The monoisotopic (exact) mass is 418 g/mol. The number of nitro groups is 2. The summed E-state index contributed by atoms with van der Waals surface area (Å²) in [5.74, 6) is -0.0560. The molecule has 12 nitrogen and oxygen atoms in total. The first-order chi connectivity index (χ1) is 13.6. The van der Waals surface area contributed by atoms with Gasteiger partial charge in [0.25, 0.3) is 15.8 Å². The molecule has 0 radical (unpaired) electrons. The van der Waals surface area contributed by atoms with Crippen LogP contribution in [0.5, 0.6) is 5.75 Å². The van der Waals surface area contributed by atoms with E-state index in [1.165, 1.54) is 12.1 Å². The van der Waals surface area contributed by atoms with Crippen LogP contribution < -0.4 is 0 Å². The third-order valence-electron chi connectivity index (χ3n) is 3.86. The minimum Gasteiger partial charge on any atom is -0.507 e. The Morgan fingerprint density at radius 2 is 1.55 bits per heavy atom. The van der Waals surface area contributed by atoms with E-state index in [-0.39, 0.29) is 11.4 Å². The average molecular weight is 418 g/mol. The predicted octanol–water partition coefficient (Wildman–Crippen LogP) is 4.02. The van der Waals surface area contributed by atoms with Gasteiger partial charge in [-0.3, -0.25) is 24.8 Å². The summed E-state index contributed by atoms with van der Waals surface area (Å²) in [7, 11) is -5.10. The lowest BCUT2D eigenvalue weighted by Crippen LogP contribution is -2.03. The van der Waals surface area contributed by atoms with Crippen LogP contribution in [0.3, 0.4) is 0 Å². The van der Waals surface area contributed by atoms with Gasteiger partial charge in [-0.25, -0.2) is 0 Å². The van der Waals surface area contributed by atoms with Crippen molar-refractivity contribution < 1.29 is 27.9 Å². The molecular formula is C16H10N4O8S. The van der Waals surface area contributed by atoms with Crippen molar-refractivity contribution in [2.45, 2.75) is 4.90 Å². The van der Waals surface area contributed by atoms with Gasteiger partial charge in [-0.2, -0.15) is 8.42 Å². The summed E-state index contributed by atoms with van der Waals surface area (Å²) in [6, 6.07) is 10.1. The highest BCUT2D eigenvalue weighted by Gasteiger charge is 2.30. The van der Waals surface area contributed by atoms with E-state index in [4.69, 9.17) is 0 Å². The highest BCUT2D eigenvalue weighted by Crippen LogP contribution is 2.40. The zero-order chi connectivity index (χ0) is 21.3. The number of aromatic hydroxyl groups is 1. The molecule has 13 heteroatoms. The molecular weight excluding hydrogens is 408 g/mol. The Balaban J connectivity index is 2.28. The Morgan fingerprint density at radius 3 is 2.14 bits per heavy atom. The molecule has 148 valence electrons. The maximum Gasteiger partial charge on any atom is 0.305 e. The van der Waals surface area contributed by atoms with Crippen molar-refractivity contribution in [1.82, 2.24) is 0 Å². The highest BCUT2D eigenvalue weighted by molar-refractivity contribution is 7.86. The van der Waals surface area contributed by atoms with Gasteiger partial charge in [0.15, 0.2) is 5.69 Å². The normalized spacial score (nSPS) is 11.8. The van der Waals surface area contributed by atoms with E-state index in [9.17, 15) is 38.3 Å². The van der Waals surface area contributed by atoms with Crippen LogP contribution >= 0.6 is 0 Å². The Bertz CT molecular complexity index is 1300. The Hall–Kier alpha value is -3.97. The zero-order valence-electron chi connectivity index (χ0n) is 14.2. The van der Waals surface area contributed by atoms with Gasteiger partial charge in [-0.15, -0.1) is 10.2 Å². The minimum atomic E-state index is -5.10. The molecule has 0 bridgehead atoms. The molecule has 0 unspecified atom stereocenters. The van der Waals surface area contributed by atoms with Crippen molar-refractivity contribution in [2.24, 2.45) is 10.2 Å². The number of rotatable bonds is 5. The SMILES string of the molecule is O=[N+]([O-])c1cc([N+](=O)[O-])c(N=Nc2ccc(O)c3ccccc23)c(S(=O)(=O)O)c1. The summed E-state index contributed by atoms with van der Waals surface area (Å²) in [5.41, 5.74) is -2.69. The number of non-ortho nitro benzene ring substituents is 1. The summed E-state index contributed by atoms with van der Waals surface area (Å²) in [6.07, 6.45) is 0. The summed E-state index contributed by atoms with van der Waals surface area (Å²) < 4.78 is 32.7. The van der Waals surface area contributed by atoms with Crippen LogP contribution in [0.15, 0.2) is 63.7 Å². The largest absolute Gasteiger partial charge is 0.507 e. The third kappa shape index (κ3) is 3.85. The molecule has 0 aliphatic carbocycles. The molecule has 3 rings (SSSR count). The smallest absolute Gasteiger partial charge is 0.305 e. The van der Waals surface area contributed by atoms with Crippen molar-refractivity contribution in [1.29, 1.82) is 0 Å². The van der Waals surface area contributed by atoms with E-state index in [1.807, 2.05) is 0 Å². The second-order valence-corrected chi connectivity index (χ2v) is 7.04. The molecule has 29 heavy (non-hydrogen) atoms. The number of benzene rings is 3. The van der Waals surface area contributed by atoms with E-state index < -0.39 is 41.9 Å². The van der Waals surface area contributed by atoms with Gasteiger partial charge in [0, 0.05) is 16.8 Å². The first-order valence-electron chi connectivity index (χ1n) is 7.66. The minimum absolute atomic E-state index is 0.0560. The number of nitro benzene ring substituents is 2. The van der Waals surface area contributed by atoms with Crippen LogP contribution in [0.2, 0.25) is 0 Å². The molecule has 0 heterocycles. The van der Waals surface area contributed by atoms with Gasteiger partial charge in [-0.1, -0.05) is 24.3 Å². The van der Waals surface area contributed by atoms with E-state index in [1.54, 1.807) is 24.3 Å². The first kappa shape index (κ1) is 19.8. The number of hydrogen-bond acceptors (Lipinski definition) is 9. The van der Waals surface area contributed by atoms with Crippen LogP contribution in [-0.4, -0.2) is 27.9 Å². The van der Waals surface area contributed by atoms with Crippen molar-refractivity contribution >= 4 is 43.6 Å². The number of phenols is 1. The lowest BCUT2D eigenvalue weighted by molar-refractivity contribution is -0.394.